The first-order valence-corrected chi connectivity index (χ1v) is 6.94. The molecule has 3 rings (SSSR count). The number of nitrogens with one attached hydrogen (secondary N) is 2. The molecule has 1 amide bonds. The Balaban J connectivity index is 1.78. The second-order valence-electron chi connectivity index (χ2n) is 5.59. The summed E-state index contributed by atoms with van der Waals surface area (Å²) in [5.74, 6) is 0. The maximum Gasteiger partial charge on any atom is 0.408 e. The van der Waals surface area contributed by atoms with Crippen LogP contribution in [0, 0.1) is 6.92 Å². The van der Waals surface area contributed by atoms with E-state index in [1.807, 2.05) is 0 Å². The number of carbonyl (C=O) groups is 1. The van der Waals surface area contributed by atoms with Gasteiger partial charge in [-0.3, -0.25) is 0 Å². The summed E-state index contributed by atoms with van der Waals surface area (Å²) < 4.78 is 5.61. The van der Waals surface area contributed by atoms with Crippen LogP contribution < -0.4 is 10.6 Å². The van der Waals surface area contributed by atoms with Crippen molar-refractivity contribution >= 4 is 6.09 Å². The van der Waals surface area contributed by atoms with Gasteiger partial charge in [0.25, 0.3) is 0 Å². The van der Waals surface area contributed by atoms with Crippen LogP contribution in [0.4, 0.5) is 4.79 Å². The summed E-state index contributed by atoms with van der Waals surface area (Å²) in [6.45, 7) is 3.91. The van der Waals surface area contributed by atoms with Gasteiger partial charge in [0.05, 0.1) is 6.04 Å². The quantitative estimate of drug-likeness (QED) is 0.852. The molecule has 1 aromatic carbocycles. The zero-order valence-electron chi connectivity index (χ0n) is 11.2. The molecule has 1 unspecified atom stereocenters. The molecule has 1 spiro atoms. The highest BCUT2D eigenvalue weighted by Gasteiger charge is 2.49. The third-order valence-electron chi connectivity index (χ3n) is 4.23. The van der Waals surface area contributed by atoms with Gasteiger partial charge in [-0.2, -0.15) is 0 Å². The summed E-state index contributed by atoms with van der Waals surface area (Å²) in [7, 11) is 0. The van der Waals surface area contributed by atoms with Crippen LogP contribution in [-0.2, 0) is 11.2 Å². The van der Waals surface area contributed by atoms with E-state index < -0.39 is 0 Å². The molecular weight excluding hydrogens is 240 g/mol. The number of rotatable bonds is 2. The highest BCUT2D eigenvalue weighted by molar-refractivity contribution is 5.71. The Labute approximate surface area is 113 Å². The van der Waals surface area contributed by atoms with Gasteiger partial charge in [0.2, 0.25) is 0 Å². The summed E-state index contributed by atoms with van der Waals surface area (Å²) in [5, 5.41) is 6.31. The number of hydrogen-bond acceptors (Lipinski definition) is 3. The van der Waals surface area contributed by atoms with Crippen molar-refractivity contribution in [1.29, 1.82) is 0 Å². The molecule has 0 bridgehead atoms. The smallest absolute Gasteiger partial charge is 0.408 e. The molecule has 2 saturated heterocycles. The van der Waals surface area contributed by atoms with E-state index >= 15 is 0 Å². The average Bonchev–Trinajstić information content (AvgIpc) is 2.69. The maximum absolute atomic E-state index is 11.6. The summed E-state index contributed by atoms with van der Waals surface area (Å²) in [6, 6.07) is 8.58. The fourth-order valence-corrected chi connectivity index (χ4v) is 3.06. The van der Waals surface area contributed by atoms with Crippen molar-refractivity contribution < 1.29 is 9.53 Å². The zero-order valence-corrected chi connectivity index (χ0v) is 11.2. The molecule has 1 atom stereocenters. The Morgan fingerprint density at radius 3 is 2.63 bits per heavy atom. The monoisotopic (exact) mass is 260 g/mol. The Kier molecular flexibility index (Phi) is 3.19. The van der Waals surface area contributed by atoms with E-state index in [-0.39, 0.29) is 17.7 Å². The summed E-state index contributed by atoms with van der Waals surface area (Å²) in [5.41, 5.74) is 2.19. The molecule has 0 saturated carbocycles. The maximum atomic E-state index is 11.6. The van der Waals surface area contributed by atoms with Gasteiger partial charge in [-0.25, -0.2) is 4.79 Å². The van der Waals surface area contributed by atoms with Crippen LogP contribution in [0.1, 0.15) is 24.0 Å². The number of hydrogen-bond donors (Lipinski definition) is 2. The molecular formula is C15H20N2O2. The molecule has 102 valence electrons. The fraction of sp³-hybridized carbons (Fsp3) is 0.533. The van der Waals surface area contributed by atoms with Crippen LogP contribution in [0.2, 0.25) is 0 Å². The van der Waals surface area contributed by atoms with Gasteiger partial charge in [0, 0.05) is 12.8 Å². The Morgan fingerprint density at radius 1 is 1.26 bits per heavy atom. The van der Waals surface area contributed by atoms with Crippen molar-refractivity contribution in [2.75, 3.05) is 13.1 Å². The predicted molar refractivity (Wildman–Crippen MR) is 73.1 cm³/mol. The van der Waals surface area contributed by atoms with Gasteiger partial charge in [-0.15, -0.1) is 0 Å². The second-order valence-corrected chi connectivity index (χ2v) is 5.59. The Bertz CT molecular complexity index is 464. The third kappa shape index (κ3) is 2.45. The van der Waals surface area contributed by atoms with Crippen molar-refractivity contribution in [3.63, 3.8) is 0 Å². The van der Waals surface area contributed by atoms with E-state index in [1.54, 1.807) is 0 Å². The summed E-state index contributed by atoms with van der Waals surface area (Å²) in [6.07, 6.45) is 2.36. The van der Waals surface area contributed by atoms with Crippen molar-refractivity contribution in [3.8, 4) is 0 Å². The van der Waals surface area contributed by atoms with E-state index in [0.29, 0.717) is 0 Å². The molecule has 0 radical (unpaired) electrons. The molecule has 1 aromatic rings. The fourth-order valence-electron chi connectivity index (χ4n) is 3.06. The van der Waals surface area contributed by atoms with Crippen LogP contribution in [0.5, 0.6) is 0 Å². The molecule has 4 nitrogen and oxygen atoms in total. The van der Waals surface area contributed by atoms with Crippen LogP contribution in [0.3, 0.4) is 0 Å². The van der Waals surface area contributed by atoms with Crippen molar-refractivity contribution in [2.24, 2.45) is 0 Å². The third-order valence-corrected chi connectivity index (χ3v) is 4.23. The first-order chi connectivity index (χ1) is 9.18. The molecule has 2 heterocycles. The average molecular weight is 260 g/mol. The molecule has 2 N–H and O–H groups in total. The van der Waals surface area contributed by atoms with E-state index in [2.05, 4.69) is 41.8 Å². The highest BCUT2D eigenvalue weighted by Crippen LogP contribution is 2.33. The number of benzene rings is 1. The second kappa shape index (κ2) is 4.85. The summed E-state index contributed by atoms with van der Waals surface area (Å²) in [4.78, 5) is 11.6. The van der Waals surface area contributed by atoms with Gasteiger partial charge in [0.1, 0.15) is 5.60 Å². The first kappa shape index (κ1) is 12.5. The van der Waals surface area contributed by atoms with Crippen molar-refractivity contribution in [3.05, 3.63) is 35.4 Å². The zero-order chi connectivity index (χ0) is 13.3. The topological polar surface area (TPSA) is 50.4 Å². The number of amides is 1. The SMILES string of the molecule is Cc1ccc(CC2NC(=O)OC23CCNCC3)cc1. The normalized spacial score (nSPS) is 25.1. The van der Waals surface area contributed by atoms with E-state index in [0.717, 1.165) is 32.4 Å². The minimum absolute atomic E-state index is 0.0878. The molecule has 0 aromatic heterocycles. The molecule has 19 heavy (non-hydrogen) atoms. The van der Waals surface area contributed by atoms with Crippen LogP contribution >= 0.6 is 0 Å². The number of piperidine rings is 1. The van der Waals surface area contributed by atoms with Crippen molar-refractivity contribution in [2.45, 2.75) is 37.8 Å². The van der Waals surface area contributed by atoms with Gasteiger partial charge >= 0.3 is 6.09 Å². The van der Waals surface area contributed by atoms with Crippen LogP contribution in [0.15, 0.2) is 24.3 Å². The number of aryl methyl sites for hydroxylation is 1. The predicted octanol–water partition coefficient (Wildman–Crippen LogP) is 1.77. The molecule has 2 aliphatic heterocycles. The van der Waals surface area contributed by atoms with Gasteiger partial charge < -0.3 is 15.4 Å². The lowest BCUT2D eigenvalue weighted by molar-refractivity contribution is 0.0103. The minimum Gasteiger partial charge on any atom is -0.441 e. The van der Waals surface area contributed by atoms with Gasteiger partial charge in [-0.05, 0) is 32.0 Å². The summed E-state index contributed by atoms with van der Waals surface area (Å²) >= 11 is 0. The largest absolute Gasteiger partial charge is 0.441 e. The Hall–Kier alpha value is -1.55. The van der Waals surface area contributed by atoms with Crippen LogP contribution in [-0.4, -0.2) is 30.8 Å². The lowest BCUT2D eigenvalue weighted by Gasteiger charge is -2.36. The number of alkyl carbamates (subject to hydrolysis) is 1. The first-order valence-electron chi connectivity index (χ1n) is 6.94. The van der Waals surface area contributed by atoms with Gasteiger partial charge in [-0.1, -0.05) is 29.8 Å². The number of carbonyl (C=O) groups excluding carboxylic acids is 1. The van der Waals surface area contributed by atoms with E-state index in [4.69, 9.17) is 4.74 Å². The van der Waals surface area contributed by atoms with E-state index in [1.165, 1.54) is 11.1 Å². The van der Waals surface area contributed by atoms with Crippen molar-refractivity contribution in [1.82, 2.24) is 10.6 Å². The molecule has 2 fully saturated rings. The highest BCUT2D eigenvalue weighted by atomic mass is 16.6. The Morgan fingerprint density at radius 2 is 1.95 bits per heavy atom. The lowest BCUT2D eigenvalue weighted by Crippen LogP contribution is -2.51. The van der Waals surface area contributed by atoms with Crippen LogP contribution in [0.25, 0.3) is 0 Å². The lowest BCUT2D eigenvalue weighted by atomic mass is 9.82. The standard InChI is InChI=1S/C15H20N2O2/c1-11-2-4-12(5-3-11)10-13-15(19-14(18)17-13)6-8-16-9-7-15/h2-5,13,16H,6-10H2,1H3,(H,17,18). The molecule has 0 aliphatic carbocycles. The van der Waals surface area contributed by atoms with E-state index in [9.17, 15) is 4.79 Å². The van der Waals surface area contributed by atoms with Gasteiger partial charge in [0.15, 0.2) is 0 Å². The molecule has 4 heteroatoms. The molecule has 2 aliphatic rings. The minimum atomic E-state index is -0.312. The number of ether oxygens (including phenoxy) is 1.